The molecule has 0 bridgehead atoms. The maximum Gasteiger partial charge on any atom is 0.317 e. The number of carbonyl (C=O) groups is 1. The van der Waals surface area contributed by atoms with Crippen molar-refractivity contribution < 1.29 is 9.90 Å². The van der Waals surface area contributed by atoms with Gasteiger partial charge in [-0.2, -0.15) is 0 Å². The summed E-state index contributed by atoms with van der Waals surface area (Å²) in [4.78, 5) is 15.2. The molecule has 92 valence electrons. The highest BCUT2D eigenvalue weighted by Gasteiger charge is 2.29. The number of rotatable bonds is 3. The van der Waals surface area contributed by atoms with E-state index in [4.69, 9.17) is 5.11 Å². The summed E-state index contributed by atoms with van der Waals surface area (Å²) < 4.78 is 0. The lowest BCUT2D eigenvalue weighted by Gasteiger charge is -2.37. The molecule has 0 amide bonds. The fourth-order valence-corrected chi connectivity index (χ4v) is 2.99. The van der Waals surface area contributed by atoms with Gasteiger partial charge in [0.2, 0.25) is 0 Å². The van der Waals surface area contributed by atoms with Crippen LogP contribution in [0, 0.1) is 5.92 Å². The molecule has 0 spiro atoms. The lowest BCUT2D eigenvalue weighted by Crippen LogP contribution is -2.50. The van der Waals surface area contributed by atoms with Gasteiger partial charge >= 0.3 is 5.97 Å². The summed E-state index contributed by atoms with van der Waals surface area (Å²) in [5.41, 5.74) is 0. The molecule has 0 aromatic rings. The lowest BCUT2D eigenvalue weighted by atomic mass is 10.1. The minimum Gasteiger partial charge on any atom is -0.480 e. The van der Waals surface area contributed by atoms with Gasteiger partial charge < -0.3 is 5.11 Å². The molecule has 0 radical (unpaired) electrons. The van der Waals surface area contributed by atoms with E-state index in [1.807, 2.05) is 4.90 Å². The van der Waals surface area contributed by atoms with Crippen LogP contribution >= 0.6 is 0 Å². The van der Waals surface area contributed by atoms with Crippen molar-refractivity contribution in [1.29, 1.82) is 0 Å². The average Bonchev–Trinajstić information content (AvgIpc) is 2.65. The van der Waals surface area contributed by atoms with Gasteiger partial charge in [-0.1, -0.05) is 6.92 Å². The molecule has 1 aliphatic heterocycles. The van der Waals surface area contributed by atoms with Crippen molar-refractivity contribution in [2.75, 3.05) is 32.7 Å². The van der Waals surface area contributed by atoms with Gasteiger partial charge in [-0.15, -0.1) is 0 Å². The molecule has 0 aromatic heterocycles. The zero-order valence-corrected chi connectivity index (χ0v) is 10.1. The number of nitrogens with zero attached hydrogens (tertiary/aromatic N) is 2. The maximum absolute atomic E-state index is 10.6. The van der Waals surface area contributed by atoms with Crippen LogP contribution in [0.5, 0.6) is 0 Å². The van der Waals surface area contributed by atoms with Crippen LogP contribution in [0.4, 0.5) is 0 Å². The third-order valence-electron chi connectivity index (χ3n) is 3.95. The molecular formula is C12H22N2O2. The Hall–Kier alpha value is -0.610. The summed E-state index contributed by atoms with van der Waals surface area (Å²) in [6.07, 6.45) is 4.03. The van der Waals surface area contributed by atoms with Gasteiger partial charge in [-0.05, 0) is 25.2 Å². The Morgan fingerprint density at radius 1 is 1.25 bits per heavy atom. The maximum atomic E-state index is 10.6. The van der Waals surface area contributed by atoms with Crippen LogP contribution in [0.3, 0.4) is 0 Å². The molecule has 2 rings (SSSR count). The highest BCUT2D eigenvalue weighted by molar-refractivity contribution is 5.69. The zero-order chi connectivity index (χ0) is 11.5. The SMILES string of the molecule is CC1CCC(N2CCN(CC(=O)O)CC2)C1. The van der Waals surface area contributed by atoms with E-state index < -0.39 is 5.97 Å². The summed E-state index contributed by atoms with van der Waals surface area (Å²) in [7, 11) is 0. The standard InChI is InChI=1S/C12H22N2O2/c1-10-2-3-11(8-10)14-6-4-13(5-7-14)9-12(15)16/h10-11H,2-9H2,1H3,(H,15,16). The number of carboxylic acids is 1. The smallest absolute Gasteiger partial charge is 0.317 e. The first-order valence-corrected chi connectivity index (χ1v) is 6.33. The van der Waals surface area contributed by atoms with Crippen molar-refractivity contribution >= 4 is 5.97 Å². The monoisotopic (exact) mass is 226 g/mol. The normalized spacial score (nSPS) is 33.1. The Morgan fingerprint density at radius 3 is 2.44 bits per heavy atom. The first-order chi connectivity index (χ1) is 7.65. The fourth-order valence-electron chi connectivity index (χ4n) is 2.99. The molecule has 0 aromatic carbocycles. The highest BCUT2D eigenvalue weighted by atomic mass is 16.4. The second kappa shape index (κ2) is 5.15. The first kappa shape index (κ1) is 11.9. The summed E-state index contributed by atoms with van der Waals surface area (Å²) >= 11 is 0. The number of aliphatic carboxylic acids is 1. The van der Waals surface area contributed by atoms with Crippen molar-refractivity contribution in [3.63, 3.8) is 0 Å². The van der Waals surface area contributed by atoms with E-state index in [1.54, 1.807) is 0 Å². The van der Waals surface area contributed by atoms with Crippen LogP contribution in [-0.2, 0) is 4.79 Å². The van der Waals surface area contributed by atoms with Gasteiger partial charge in [0.25, 0.3) is 0 Å². The van der Waals surface area contributed by atoms with Crippen LogP contribution in [0.2, 0.25) is 0 Å². The summed E-state index contributed by atoms with van der Waals surface area (Å²) in [5, 5.41) is 8.72. The van der Waals surface area contributed by atoms with Crippen LogP contribution in [-0.4, -0.2) is 59.6 Å². The average molecular weight is 226 g/mol. The quantitative estimate of drug-likeness (QED) is 0.776. The zero-order valence-electron chi connectivity index (χ0n) is 10.1. The van der Waals surface area contributed by atoms with Gasteiger partial charge in [0.05, 0.1) is 6.54 Å². The molecular weight excluding hydrogens is 204 g/mol. The van der Waals surface area contributed by atoms with Gasteiger partial charge in [-0.25, -0.2) is 0 Å². The van der Waals surface area contributed by atoms with Crippen molar-refractivity contribution in [1.82, 2.24) is 9.80 Å². The van der Waals surface area contributed by atoms with E-state index in [0.29, 0.717) is 0 Å². The number of carboxylic acid groups (broad SMARTS) is 1. The Balaban J connectivity index is 1.74. The summed E-state index contributed by atoms with van der Waals surface area (Å²) in [6, 6.07) is 0.766. The molecule has 1 aliphatic carbocycles. The molecule has 4 nitrogen and oxygen atoms in total. The fraction of sp³-hybridized carbons (Fsp3) is 0.917. The second-order valence-corrected chi connectivity index (χ2v) is 5.28. The number of hydrogen-bond donors (Lipinski definition) is 1. The molecule has 4 heteroatoms. The molecule has 2 fully saturated rings. The van der Waals surface area contributed by atoms with E-state index in [0.717, 1.165) is 38.1 Å². The van der Waals surface area contributed by atoms with E-state index in [1.165, 1.54) is 19.3 Å². The topological polar surface area (TPSA) is 43.8 Å². The molecule has 2 aliphatic rings. The van der Waals surface area contributed by atoms with Gasteiger partial charge in [0.15, 0.2) is 0 Å². The van der Waals surface area contributed by atoms with Gasteiger partial charge in [0, 0.05) is 32.2 Å². The Morgan fingerprint density at radius 2 is 1.94 bits per heavy atom. The van der Waals surface area contributed by atoms with E-state index in [9.17, 15) is 4.79 Å². The second-order valence-electron chi connectivity index (χ2n) is 5.28. The van der Waals surface area contributed by atoms with Crippen LogP contribution in [0.15, 0.2) is 0 Å². The molecule has 1 saturated carbocycles. The van der Waals surface area contributed by atoms with Crippen molar-refractivity contribution in [3.05, 3.63) is 0 Å². The molecule has 2 unspecified atom stereocenters. The van der Waals surface area contributed by atoms with E-state index >= 15 is 0 Å². The molecule has 1 heterocycles. The van der Waals surface area contributed by atoms with Crippen molar-refractivity contribution in [2.45, 2.75) is 32.2 Å². The van der Waals surface area contributed by atoms with Crippen molar-refractivity contribution in [3.8, 4) is 0 Å². The Labute approximate surface area is 97.2 Å². The van der Waals surface area contributed by atoms with Crippen molar-refractivity contribution in [2.24, 2.45) is 5.92 Å². The van der Waals surface area contributed by atoms with Crippen LogP contribution in [0.25, 0.3) is 0 Å². The third-order valence-corrected chi connectivity index (χ3v) is 3.95. The molecule has 16 heavy (non-hydrogen) atoms. The minimum absolute atomic E-state index is 0.203. The summed E-state index contributed by atoms with van der Waals surface area (Å²) in [6.45, 7) is 6.46. The largest absolute Gasteiger partial charge is 0.480 e. The predicted molar refractivity (Wildman–Crippen MR) is 62.5 cm³/mol. The predicted octanol–water partition coefficient (Wildman–Crippen LogP) is 0.877. The summed E-state index contributed by atoms with van der Waals surface area (Å²) in [5.74, 6) is 0.171. The molecule has 2 atom stereocenters. The van der Waals surface area contributed by atoms with Gasteiger partial charge in [0.1, 0.15) is 0 Å². The van der Waals surface area contributed by atoms with Crippen LogP contribution in [0.1, 0.15) is 26.2 Å². The Kier molecular flexibility index (Phi) is 3.82. The first-order valence-electron chi connectivity index (χ1n) is 6.33. The molecule has 1 N–H and O–H groups in total. The lowest BCUT2D eigenvalue weighted by molar-refractivity contribution is -0.138. The highest BCUT2D eigenvalue weighted by Crippen LogP contribution is 2.29. The van der Waals surface area contributed by atoms with Gasteiger partial charge in [-0.3, -0.25) is 14.6 Å². The van der Waals surface area contributed by atoms with E-state index in [-0.39, 0.29) is 6.54 Å². The molecule has 1 saturated heterocycles. The van der Waals surface area contributed by atoms with E-state index in [2.05, 4.69) is 11.8 Å². The number of piperazine rings is 1. The van der Waals surface area contributed by atoms with Crippen LogP contribution < -0.4 is 0 Å². The third kappa shape index (κ3) is 2.95. The number of hydrogen-bond acceptors (Lipinski definition) is 3. The minimum atomic E-state index is -0.706. The Bertz CT molecular complexity index is 249.